The van der Waals surface area contributed by atoms with Crippen molar-refractivity contribution in [2.24, 2.45) is 5.41 Å². The summed E-state index contributed by atoms with van der Waals surface area (Å²) in [6.45, 7) is -0.146. The lowest BCUT2D eigenvalue weighted by molar-refractivity contribution is -0.148. The van der Waals surface area contributed by atoms with Crippen LogP contribution in [0.4, 0.5) is 0 Å². The molecule has 1 aromatic rings. The van der Waals surface area contributed by atoms with Crippen molar-refractivity contribution in [3.8, 4) is 5.75 Å². The standard InChI is InChI=1S/C17H19NO6S/c1-23-12-5-4-6-13-14(12)15(19)18(25(13,21)22)10-11-9-17(16(20)24-11)7-2-3-8-17/h4-6,11H,2-3,7-10H2,1H3. The fourth-order valence-corrected chi connectivity index (χ4v) is 5.83. The largest absolute Gasteiger partial charge is 0.496 e. The number of fused-ring (bicyclic) bond motifs is 1. The summed E-state index contributed by atoms with van der Waals surface area (Å²) in [6, 6.07) is 4.48. The zero-order valence-corrected chi connectivity index (χ0v) is 14.7. The fourth-order valence-electron chi connectivity index (χ4n) is 4.22. The van der Waals surface area contributed by atoms with E-state index in [0.717, 1.165) is 30.0 Å². The van der Waals surface area contributed by atoms with Gasteiger partial charge in [0.2, 0.25) is 0 Å². The number of rotatable bonds is 3. The van der Waals surface area contributed by atoms with Crippen LogP contribution in [0.1, 0.15) is 42.5 Å². The molecule has 25 heavy (non-hydrogen) atoms. The number of ether oxygens (including phenoxy) is 2. The number of amides is 1. The van der Waals surface area contributed by atoms with Gasteiger partial charge in [0.05, 0.1) is 19.1 Å². The summed E-state index contributed by atoms with van der Waals surface area (Å²) in [5, 5.41) is 0. The smallest absolute Gasteiger partial charge is 0.312 e. The third-order valence-corrected chi connectivity index (χ3v) is 7.26. The maximum atomic E-state index is 12.8. The van der Waals surface area contributed by atoms with Crippen LogP contribution >= 0.6 is 0 Å². The van der Waals surface area contributed by atoms with Gasteiger partial charge in [-0.2, -0.15) is 0 Å². The van der Waals surface area contributed by atoms with E-state index in [1.54, 1.807) is 6.07 Å². The van der Waals surface area contributed by atoms with Crippen LogP contribution in [-0.2, 0) is 19.6 Å². The number of sulfonamides is 1. The predicted octanol–water partition coefficient (Wildman–Crippen LogP) is 1.72. The monoisotopic (exact) mass is 365 g/mol. The summed E-state index contributed by atoms with van der Waals surface area (Å²) in [6.07, 6.45) is 3.38. The minimum Gasteiger partial charge on any atom is -0.496 e. The van der Waals surface area contributed by atoms with E-state index in [-0.39, 0.29) is 28.7 Å². The Morgan fingerprint density at radius 2 is 2.00 bits per heavy atom. The highest BCUT2D eigenvalue weighted by atomic mass is 32.2. The highest BCUT2D eigenvalue weighted by Crippen LogP contribution is 2.48. The van der Waals surface area contributed by atoms with Gasteiger partial charge in [0, 0.05) is 6.42 Å². The molecule has 0 radical (unpaired) electrons. The first-order chi connectivity index (χ1) is 11.9. The molecule has 4 rings (SSSR count). The highest BCUT2D eigenvalue weighted by Gasteiger charge is 2.53. The van der Waals surface area contributed by atoms with Gasteiger partial charge in [-0.25, -0.2) is 12.7 Å². The molecule has 0 bridgehead atoms. The second-order valence-electron chi connectivity index (χ2n) is 6.89. The normalized spacial score (nSPS) is 26.1. The number of benzene rings is 1. The van der Waals surface area contributed by atoms with Gasteiger partial charge in [-0.05, 0) is 25.0 Å². The van der Waals surface area contributed by atoms with E-state index in [0.29, 0.717) is 6.42 Å². The van der Waals surface area contributed by atoms with E-state index in [2.05, 4.69) is 0 Å². The van der Waals surface area contributed by atoms with Gasteiger partial charge in [-0.3, -0.25) is 9.59 Å². The Morgan fingerprint density at radius 3 is 2.68 bits per heavy atom. The second-order valence-corrected chi connectivity index (χ2v) is 8.72. The molecule has 0 aromatic heterocycles. The molecule has 1 atom stereocenters. The first-order valence-electron chi connectivity index (χ1n) is 8.34. The van der Waals surface area contributed by atoms with Crippen molar-refractivity contribution in [1.29, 1.82) is 0 Å². The van der Waals surface area contributed by atoms with Crippen LogP contribution in [-0.4, -0.2) is 44.4 Å². The average Bonchev–Trinajstić information content (AvgIpc) is 3.23. The number of hydrogen-bond acceptors (Lipinski definition) is 6. The van der Waals surface area contributed by atoms with Crippen LogP contribution < -0.4 is 4.74 Å². The summed E-state index contributed by atoms with van der Waals surface area (Å²) in [5.41, 5.74) is -0.438. The Morgan fingerprint density at radius 1 is 1.28 bits per heavy atom. The molecule has 8 heteroatoms. The van der Waals surface area contributed by atoms with Crippen LogP contribution in [0, 0.1) is 5.41 Å². The Bertz CT molecular complexity index is 856. The summed E-state index contributed by atoms with van der Waals surface area (Å²) < 4.78 is 36.9. The molecule has 134 valence electrons. The van der Waals surface area contributed by atoms with Crippen LogP contribution in [0.3, 0.4) is 0 Å². The number of cyclic esters (lactones) is 1. The van der Waals surface area contributed by atoms with E-state index in [9.17, 15) is 18.0 Å². The first-order valence-corrected chi connectivity index (χ1v) is 9.78. The Labute approximate surface area is 145 Å². The van der Waals surface area contributed by atoms with Crippen molar-refractivity contribution < 1.29 is 27.5 Å². The van der Waals surface area contributed by atoms with Crippen molar-refractivity contribution >= 4 is 21.9 Å². The molecule has 3 aliphatic rings. The van der Waals surface area contributed by atoms with Crippen molar-refractivity contribution in [1.82, 2.24) is 4.31 Å². The summed E-state index contributed by atoms with van der Waals surface area (Å²) in [5.74, 6) is -0.658. The van der Waals surface area contributed by atoms with Gasteiger partial charge < -0.3 is 9.47 Å². The maximum Gasteiger partial charge on any atom is 0.312 e. The lowest BCUT2D eigenvalue weighted by Gasteiger charge is -2.19. The van der Waals surface area contributed by atoms with Crippen LogP contribution in [0.25, 0.3) is 0 Å². The number of hydrogen-bond donors (Lipinski definition) is 0. The van der Waals surface area contributed by atoms with Gasteiger partial charge in [-0.15, -0.1) is 0 Å². The summed E-state index contributed by atoms with van der Waals surface area (Å²) in [7, 11) is -2.57. The molecular weight excluding hydrogens is 346 g/mol. The predicted molar refractivity (Wildman–Crippen MR) is 86.6 cm³/mol. The van der Waals surface area contributed by atoms with E-state index in [1.165, 1.54) is 19.2 Å². The van der Waals surface area contributed by atoms with Crippen LogP contribution in [0.15, 0.2) is 23.1 Å². The third-order valence-electron chi connectivity index (χ3n) is 5.47. The van der Waals surface area contributed by atoms with Gasteiger partial charge in [-0.1, -0.05) is 18.9 Å². The van der Waals surface area contributed by atoms with Gasteiger partial charge >= 0.3 is 5.97 Å². The number of methoxy groups -OCH3 is 1. The topological polar surface area (TPSA) is 90.0 Å². The minimum absolute atomic E-state index is 0.0462. The van der Waals surface area contributed by atoms with E-state index < -0.39 is 27.4 Å². The molecule has 1 saturated heterocycles. The minimum atomic E-state index is -3.96. The SMILES string of the molecule is COc1cccc2c1C(=O)N(CC1CC3(CCCC3)C(=O)O1)S2(=O)=O. The molecule has 1 spiro atoms. The van der Waals surface area contributed by atoms with E-state index in [1.807, 2.05) is 0 Å². The lowest BCUT2D eigenvalue weighted by Crippen LogP contribution is -2.37. The van der Waals surface area contributed by atoms with Crippen molar-refractivity contribution in [3.63, 3.8) is 0 Å². The van der Waals surface area contributed by atoms with Crippen molar-refractivity contribution in [2.75, 3.05) is 13.7 Å². The number of nitrogens with zero attached hydrogens (tertiary/aromatic N) is 1. The Hall–Kier alpha value is -2.09. The highest BCUT2D eigenvalue weighted by molar-refractivity contribution is 7.90. The number of carbonyl (C=O) groups is 2. The van der Waals surface area contributed by atoms with Crippen LogP contribution in [0.2, 0.25) is 0 Å². The maximum absolute atomic E-state index is 12.8. The molecule has 2 heterocycles. The first kappa shape index (κ1) is 16.4. The second kappa shape index (κ2) is 5.45. The summed E-state index contributed by atoms with van der Waals surface area (Å²) in [4.78, 5) is 24.9. The molecular formula is C17H19NO6S. The Balaban J connectivity index is 1.62. The Kier molecular flexibility index (Phi) is 3.57. The quantitative estimate of drug-likeness (QED) is 0.758. The number of esters is 1. The van der Waals surface area contributed by atoms with Crippen LogP contribution in [0.5, 0.6) is 5.75 Å². The zero-order chi connectivity index (χ0) is 17.8. The van der Waals surface area contributed by atoms with Crippen molar-refractivity contribution in [2.45, 2.75) is 43.1 Å². The average molecular weight is 365 g/mol. The van der Waals surface area contributed by atoms with Gasteiger partial charge in [0.15, 0.2) is 0 Å². The molecule has 0 N–H and O–H groups in total. The molecule has 2 fully saturated rings. The molecule has 1 aromatic carbocycles. The zero-order valence-electron chi connectivity index (χ0n) is 13.9. The van der Waals surface area contributed by atoms with E-state index >= 15 is 0 Å². The lowest BCUT2D eigenvalue weighted by atomic mass is 9.83. The molecule has 7 nitrogen and oxygen atoms in total. The van der Waals surface area contributed by atoms with Gasteiger partial charge in [0.1, 0.15) is 22.3 Å². The van der Waals surface area contributed by atoms with E-state index in [4.69, 9.17) is 9.47 Å². The van der Waals surface area contributed by atoms with Crippen molar-refractivity contribution in [3.05, 3.63) is 23.8 Å². The molecule has 1 unspecified atom stereocenters. The number of carbonyl (C=O) groups excluding carboxylic acids is 2. The fraction of sp³-hybridized carbons (Fsp3) is 0.529. The molecule has 2 aliphatic heterocycles. The third kappa shape index (κ3) is 2.27. The summed E-state index contributed by atoms with van der Waals surface area (Å²) >= 11 is 0. The molecule has 1 amide bonds. The van der Waals surface area contributed by atoms with Gasteiger partial charge in [0.25, 0.3) is 15.9 Å². The molecule has 1 saturated carbocycles. The molecule has 1 aliphatic carbocycles.